The van der Waals surface area contributed by atoms with E-state index in [4.69, 9.17) is 4.74 Å². The minimum Gasteiger partial charge on any atom is -0.489 e. The molecule has 2 rings (SSSR count). The van der Waals surface area contributed by atoms with Crippen LogP contribution in [-0.4, -0.2) is 9.78 Å². The molecule has 0 aliphatic heterocycles. The Hall–Kier alpha value is -1.98. The summed E-state index contributed by atoms with van der Waals surface area (Å²) in [6, 6.07) is 7.30. The highest BCUT2D eigenvalue weighted by molar-refractivity contribution is 5.27. The molecular weight excluding hydrogens is 245 g/mol. The topological polar surface area (TPSA) is 27.1 Å². The molecule has 0 N–H and O–H groups in total. The molecule has 3 nitrogen and oxygen atoms in total. The molecular formula is C12H11F3N2O. The Kier molecular flexibility index (Phi) is 3.27. The maximum Gasteiger partial charge on any atom is 0.504 e. The molecule has 0 bridgehead atoms. The Morgan fingerprint density at radius 1 is 1.33 bits per heavy atom. The fourth-order valence-corrected chi connectivity index (χ4v) is 1.45. The lowest BCUT2D eigenvalue weighted by atomic mass is 10.2. The van der Waals surface area contributed by atoms with Gasteiger partial charge in [0.1, 0.15) is 12.4 Å². The van der Waals surface area contributed by atoms with E-state index in [1.807, 2.05) is 25.1 Å². The van der Waals surface area contributed by atoms with Crippen LogP contribution in [-0.2, 0) is 12.9 Å². The van der Waals surface area contributed by atoms with Crippen molar-refractivity contribution in [2.45, 2.75) is 19.8 Å². The van der Waals surface area contributed by atoms with Crippen molar-refractivity contribution in [2.75, 3.05) is 0 Å². The zero-order valence-electron chi connectivity index (χ0n) is 9.61. The quantitative estimate of drug-likeness (QED) is 0.842. The number of alkyl halides is 3. The first-order valence-corrected chi connectivity index (χ1v) is 5.25. The molecule has 18 heavy (non-hydrogen) atoms. The van der Waals surface area contributed by atoms with Crippen molar-refractivity contribution in [1.82, 2.24) is 9.78 Å². The summed E-state index contributed by atoms with van der Waals surface area (Å²) < 4.78 is 42.2. The summed E-state index contributed by atoms with van der Waals surface area (Å²) >= 11 is 0. The van der Waals surface area contributed by atoms with Crippen molar-refractivity contribution in [3.8, 4) is 5.75 Å². The molecule has 6 heteroatoms. The van der Waals surface area contributed by atoms with E-state index in [0.717, 1.165) is 18.0 Å². The third kappa shape index (κ3) is 3.03. The first kappa shape index (κ1) is 12.5. The molecule has 2 aromatic rings. The van der Waals surface area contributed by atoms with Crippen LogP contribution in [0.15, 0.2) is 36.7 Å². The molecule has 0 unspecified atom stereocenters. The Morgan fingerprint density at radius 2 is 2.11 bits per heavy atom. The summed E-state index contributed by atoms with van der Waals surface area (Å²) in [4.78, 5) is 0. The molecule has 0 radical (unpaired) electrons. The van der Waals surface area contributed by atoms with E-state index in [-0.39, 0.29) is 11.3 Å². The average Bonchev–Trinajstić information content (AvgIpc) is 2.74. The van der Waals surface area contributed by atoms with E-state index in [0.29, 0.717) is 11.3 Å². The van der Waals surface area contributed by atoms with Gasteiger partial charge in [-0.2, -0.15) is 9.78 Å². The molecule has 0 aliphatic carbocycles. The molecule has 0 aliphatic rings. The van der Waals surface area contributed by atoms with Gasteiger partial charge in [0.2, 0.25) is 0 Å². The van der Waals surface area contributed by atoms with Crippen LogP contribution in [0.5, 0.6) is 5.75 Å². The Balaban J connectivity index is 2.01. The van der Waals surface area contributed by atoms with E-state index >= 15 is 0 Å². The highest BCUT2D eigenvalue weighted by Crippen LogP contribution is 2.21. The van der Waals surface area contributed by atoms with Gasteiger partial charge < -0.3 is 4.74 Å². The normalized spacial score (nSPS) is 11.6. The van der Waals surface area contributed by atoms with Gasteiger partial charge in [-0.05, 0) is 24.6 Å². The minimum absolute atomic E-state index is 0.0397. The third-order valence-electron chi connectivity index (χ3n) is 2.29. The summed E-state index contributed by atoms with van der Waals surface area (Å²) in [5.41, 5.74) is 1.40. The molecule has 1 aromatic carbocycles. The van der Waals surface area contributed by atoms with Crippen molar-refractivity contribution < 1.29 is 17.9 Å². The Bertz CT molecular complexity index is 534. The first-order chi connectivity index (χ1) is 8.45. The van der Waals surface area contributed by atoms with Crippen LogP contribution in [0.4, 0.5) is 13.2 Å². The lowest BCUT2D eigenvalue weighted by molar-refractivity contribution is -0.212. The number of rotatable bonds is 3. The van der Waals surface area contributed by atoms with Crippen LogP contribution >= 0.6 is 0 Å². The largest absolute Gasteiger partial charge is 0.504 e. The van der Waals surface area contributed by atoms with Gasteiger partial charge in [-0.3, -0.25) is 0 Å². The first-order valence-electron chi connectivity index (χ1n) is 5.25. The molecule has 1 aromatic heterocycles. The van der Waals surface area contributed by atoms with Crippen LogP contribution in [0.1, 0.15) is 11.1 Å². The fourth-order valence-electron chi connectivity index (χ4n) is 1.45. The standard InChI is InChI=1S/C12H11F3N2O/c1-9-3-2-4-11(5-9)18-8-10-6-16-17(7-10)12(13,14)15/h2-7H,8H2,1H3. The maximum absolute atomic E-state index is 12.3. The summed E-state index contributed by atoms with van der Waals surface area (Å²) in [5, 5.41) is 3.23. The van der Waals surface area contributed by atoms with Gasteiger partial charge in [-0.1, -0.05) is 12.1 Å². The molecule has 0 fully saturated rings. The number of halogens is 3. The highest BCUT2D eigenvalue weighted by Gasteiger charge is 2.31. The van der Waals surface area contributed by atoms with Crippen LogP contribution < -0.4 is 4.74 Å². The van der Waals surface area contributed by atoms with Gasteiger partial charge in [0.25, 0.3) is 0 Å². The van der Waals surface area contributed by atoms with Crippen molar-refractivity contribution in [2.24, 2.45) is 0 Å². The number of nitrogens with zero attached hydrogens (tertiary/aromatic N) is 2. The molecule has 96 valence electrons. The fraction of sp³-hybridized carbons (Fsp3) is 0.250. The van der Waals surface area contributed by atoms with Crippen molar-refractivity contribution in [3.63, 3.8) is 0 Å². The number of hydrogen-bond acceptors (Lipinski definition) is 2. The van der Waals surface area contributed by atoms with E-state index in [1.165, 1.54) is 0 Å². The molecule has 0 saturated heterocycles. The zero-order chi connectivity index (χ0) is 13.2. The van der Waals surface area contributed by atoms with Gasteiger partial charge in [-0.25, -0.2) is 0 Å². The van der Waals surface area contributed by atoms with Crippen LogP contribution in [0, 0.1) is 6.92 Å². The minimum atomic E-state index is -4.48. The SMILES string of the molecule is Cc1cccc(OCc2cnn(C(F)(F)F)c2)c1. The van der Waals surface area contributed by atoms with Gasteiger partial charge in [0.15, 0.2) is 0 Å². The molecule has 1 heterocycles. The van der Waals surface area contributed by atoms with E-state index in [2.05, 4.69) is 5.10 Å². The average molecular weight is 256 g/mol. The van der Waals surface area contributed by atoms with Crippen molar-refractivity contribution in [1.29, 1.82) is 0 Å². The second-order valence-electron chi connectivity index (χ2n) is 3.87. The summed E-state index contributed by atoms with van der Waals surface area (Å²) in [7, 11) is 0. The van der Waals surface area contributed by atoms with E-state index < -0.39 is 6.30 Å². The predicted molar refractivity (Wildman–Crippen MR) is 59.0 cm³/mol. The monoisotopic (exact) mass is 256 g/mol. The number of benzene rings is 1. The van der Waals surface area contributed by atoms with Gasteiger partial charge in [-0.15, -0.1) is 13.2 Å². The molecule has 0 spiro atoms. The number of hydrogen-bond donors (Lipinski definition) is 0. The smallest absolute Gasteiger partial charge is 0.489 e. The summed E-state index contributed by atoms with van der Waals surface area (Å²) in [5.74, 6) is 0.620. The van der Waals surface area contributed by atoms with Gasteiger partial charge in [0.05, 0.1) is 6.20 Å². The lowest BCUT2D eigenvalue weighted by Gasteiger charge is -2.05. The number of ether oxygens (including phenoxy) is 1. The van der Waals surface area contributed by atoms with E-state index in [9.17, 15) is 13.2 Å². The van der Waals surface area contributed by atoms with Crippen LogP contribution in [0.3, 0.4) is 0 Å². The number of aryl methyl sites for hydroxylation is 1. The Labute approximate surface area is 102 Å². The summed E-state index contributed by atoms with van der Waals surface area (Å²) in [6.45, 7) is 1.97. The summed E-state index contributed by atoms with van der Waals surface area (Å²) in [6.07, 6.45) is -2.43. The van der Waals surface area contributed by atoms with Crippen molar-refractivity contribution >= 4 is 0 Å². The van der Waals surface area contributed by atoms with Gasteiger partial charge in [0, 0.05) is 11.8 Å². The van der Waals surface area contributed by atoms with Crippen LogP contribution in [0.25, 0.3) is 0 Å². The van der Waals surface area contributed by atoms with Crippen LogP contribution in [0.2, 0.25) is 0 Å². The molecule has 0 amide bonds. The number of aromatic nitrogens is 2. The van der Waals surface area contributed by atoms with Gasteiger partial charge >= 0.3 is 6.30 Å². The van der Waals surface area contributed by atoms with Crippen molar-refractivity contribution in [3.05, 3.63) is 47.8 Å². The maximum atomic E-state index is 12.3. The highest BCUT2D eigenvalue weighted by atomic mass is 19.4. The lowest BCUT2D eigenvalue weighted by Crippen LogP contribution is -2.16. The zero-order valence-corrected chi connectivity index (χ0v) is 9.61. The predicted octanol–water partition coefficient (Wildman–Crippen LogP) is 3.25. The van der Waals surface area contributed by atoms with E-state index in [1.54, 1.807) is 6.07 Å². The second kappa shape index (κ2) is 4.72. The molecule has 0 saturated carbocycles. The second-order valence-corrected chi connectivity index (χ2v) is 3.87. The third-order valence-corrected chi connectivity index (χ3v) is 2.29. The Morgan fingerprint density at radius 3 is 2.72 bits per heavy atom. The molecule has 0 atom stereocenters.